The molecule has 2 rings (SSSR count). The van der Waals surface area contributed by atoms with E-state index in [0.29, 0.717) is 0 Å². The van der Waals surface area contributed by atoms with Gasteiger partial charge in [0.1, 0.15) is 0 Å². The summed E-state index contributed by atoms with van der Waals surface area (Å²) in [5.41, 5.74) is 1.36. The molecule has 0 fully saturated rings. The maximum atomic E-state index is 12.1. The predicted octanol–water partition coefficient (Wildman–Crippen LogP) is 2.52. The Bertz CT molecular complexity index is 386. The summed E-state index contributed by atoms with van der Waals surface area (Å²) in [5, 5.41) is 12.0. The van der Waals surface area contributed by atoms with Crippen molar-refractivity contribution in [2.75, 3.05) is 6.61 Å². The number of thiophene rings is 1. The normalized spacial score (nSPS) is 16.8. The lowest BCUT2D eigenvalue weighted by Gasteiger charge is -2.12. The highest BCUT2D eigenvalue weighted by molar-refractivity contribution is 7.14. The summed E-state index contributed by atoms with van der Waals surface area (Å²) >= 11 is 1.63. The molecule has 18 heavy (non-hydrogen) atoms. The van der Waals surface area contributed by atoms with Gasteiger partial charge in [0.2, 0.25) is 0 Å². The molecule has 1 amide bonds. The zero-order valence-corrected chi connectivity index (χ0v) is 11.7. The summed E-state index contributed by atoms with van der Waals surface area (Å²) in [5.74, 6) is -0.0334. The van der Waals surface area contributed by atoms with Gasteiger partial charge < -0.3 is 10.4 Å². The van der Waals surface area contributed by atoms with E-state index in [1.165, 1.54) is 29.7 Å². The van der Waals surface area contributed by atoms with Crippen LogP contribution in [-0.2, 0) is 12.8 Å². The number of hydrogen-bond acceptors (Lipinski definition) is 3. The lowest BCUT2D eigenvalue weighted by Crippen LogP contribution is -2.36. The van der Waals surface area contributed by atoms with Crippen LogP contribution >= 0.6 is 11.3 Å². The highest BCUT2D eigenvalue weighted by Gasteiger charge is 2.18. The van der Waals surface area contributed by atoms with E-state index in [4.69, 9.17) is 5.11 Å². The number of aryl methyl sites for hydroxylation is 2. The van der Waals surface area contributed by atoms with Crippen LogP contribution in [0.5, 0.6) is 0 Å². The second kappa shape index (κ2) is 6.34. The molecule has 1 heterocycles. The molecular formula is C14H21NO2S. The van der Waals surface area contributed by atoms with E-state index in [0.717, 1.165) is 24.1 Å². The molecule has 1 aromatic heterocycles. The number of carbonyl (C=O) groups is 1. The van der Waals surface area contributed by atoms with Gasteiger partial charge in [-0.2, -0.15) is 0 Å². The SMILES string of the molecule is CCC(CO)NC(=O)c1cc2c(s1)CCCCC2. The molecule has 2 N–H and O–H groups in total. The third kappa shape index (κ3) is 3.12. The van der Waals surface area contributed by atoms with Crippen LogP contribution in [0.15, 0.2) is 6.07 Å². The third-order valence-corrected chi connectivity index (χ3v) is 4.75. The van der Waals surface area contributed by atoms with Crippen molar-refractivity contribution in [2.24, 2.45) is 0 Å². The molecule has 0 spiro atoms. The number of hydrogen-bond donors (Lipinski definition) is 2. The van der Waals surface area contributed by atoms with Crippen LogP contribution in [0.1, 0.15) is 52.7 Å². The fourth-order valence-electron chi connectivity index (χ4n) is 2.31. The van der Waals surface area contributed by atoms with Gasteiger partial charge in [0.25, 0.3) is 5.91 Å². The van der Waals surface area contributed by atoms with Crippen molar-refractivity contribution in [2.45, 2.75) is 51.5 Å². The highest BCUT2D eigenvalue weighted by Crippen LogP contribution is 2.28. The molecule has 0 saturated heterocycles. The average Bonchev–Trinajstić information content (AvgIpc) is 2.67. The minimum absolute atomic E-state index is 0.00727. The minimum Gasteiger partial charge on any atom is -0.394 e. The van der Waals surface area contributed by atoms with Gasteiger partial charge in [-0.25, -0.2) is 0 Å². The third-order valence-electron chi connectivity index (χ3n) is 3.52. The molecular weight excluding hydrogens is 246 g/mol. The van der Waals surface area contributed by atoms with Gasteiger partial charge in [-0.3, -0.25) is 4.79 Å². The number of nitrogens with one attached hydrogen (secondary N) is 1. The van der Waals surface area contributed by atoms with Crippen LogP contribution in [0.2, 0.25) is 0 Å². The molecule has 1 aliphatic rings. The van der Waals surface area contributed by atoms with Crippen LogP contribution < -0.4 is 5.32 Å². The first-order valence-corrected chi connectivity index (χ1v) is 7.59. The number of carbonyl (C=O) groups excluding carboxylic acids is 1. The fraction of sp³-hybridized carbons (Fsp3) is 0.643. The maximum Gasteiger partial charge on any atom is 0.261 e. The van der Waals surface area contributed by atoms with Crippen molar-refractivity contribution >= 4 is 17.2 Å². The number of aliphatic hydroxyl groups is 1. The summed E-state index contributed by atoms with van der Waals surface area (Å²) in [6.07, 6.45) is 6.75. The zero-order chi connectivity index (χ0) is 13.0. The molecule has 0 aliphatic heterocycles. The van der Waals surface area contributed by atoms with Gasteiger partial charge in [0.05, 0.1) is 17.5 Å². The predicted molar refractivity (Wildman–Crippen MR) is 74.2 cm³/mol. The Hall–Kier alpha value is -0.870. The van der Waals surface area contributed by atoms with Crippen molar-refractivity contribution in [3.8, 4) is 0 Å². The van der Waals surface area contributed by atoms with Crippen molar-refractivity contribution in [1.82, 2.24) is 5.32 Å². The van der Waals surface area contributed by atoms with E-state index in [2.05, 4.69) is 5.32 Å². The first-order chi connectivity index (χ1) is 8.74. The van der Waals surface area contributed by atoms with E-state index >= 15 is 0 Å². The first-order valence-electron chi connectivity index (χ1n) is 6.78. The van der Waals surface area contributed by atoms with Gasteiger partial charge in [-0.15, -0.1) is 11.3 Å². The molecule has 1 unspecified atom stereocenters. The van der Waals surface area contributed by atoms with Gasteiger partial charge in [-0.1, -0.05) is 13.3 Å². The lowest BCUT2D eigenvalue weighted by molar-refractivity contribution is 0.0919. The van der Waals surface area contributed by atoms with E-state index < -0.39 is 0 Å². The number of aliphatic hydroxyl groups excluding tert-OH is 1. The highest BCUT2D eigenvalue weighted by atomic mass is 32.1. The molecule has 1 aromatic rings. The van der Waals surface area contributed by atoms with Gasteiger partial charge in [0, 0.05) is 4.88 Å². The summed E-state index contributed by atoms with van der Waals surface area (Å²) in [6, 6.07) is 1.92. The fourth-order valence-corrected chi connectivity index (χ4v) is 3.47. The van der Waals surface area contributed by atoms with E-state index in [9.17, 15) is 4.79 Å². The van der Waals surface area contributed by atoms with Crippen molar-refractivity contribution < 1.29 is 9.90 Å². The second-order valence-corrected chi connectivity index (χ2v) is 6.02. The van der Waals surface area contributed by atoms with E-state index in [1.54, 1.807) is 11.3 Å². The summed E-state index contributed by atoms with van der Waals surface area (Å²) < 4.78 is 0. The van der Waals surface area contributed by atoms with Crippen molar-refractivity contribution in [3.63, 3.8) is 0 Å². The number of fused-ring (bicyclic) bond motifs is 1. The molecule has 3 nitrogen and oxygen atoms in total. The lowest BCUT2D eigenvalue weighted by atomic mass is 10.1. The van der Waals surface area contributed by atoms with Crippen molar-refractivity contribution in [3.05, 3.63) is 21.4 Å². The van der Waals surface area contributed by atoms with Gasteiger partial charge in [-0.05, 0) is 43.7 Å². The summed E-state index contributed by atoms with van der Waals surface area (Å²) in [6.45, 7) is 1.97. The van der Waals surface area contributed by atoms with Crippen LogP contribution in [-0.4, -0.2) is 23.7 Å². The quantitative estimate of drug-likeness (QED) is 0.824. The maximum absolute atomic E-state index is 12.1. The Kier molecular flexibility index (Phi) is 4.78. The Morgan fingerprint density at radius 2 is 2.22 bits per heavy atom. The molecule has 100 valence electrons. The molecule has 4 heteroatoms. The van der Waals surface area contributed by atoms with E-state index in [-0.39, 0.29) is 18.6 Å². The second-order valence-electron chi connectivity index (χ2n) is 4.88. The topological polar surface area (TPSA) is 49.3 Å². The van der Waals surface area contributed by atoms with Gasteiger partial charge in [0.15, 0.2) is 0 Å². The van der Waals surface area contributed by atoms with Gasteiger partial charge >= 0.3 is 0 Å². The smallest absolute Gasteiger partial charge is 0.261 e. The number of rotatable bonds is 4. The minimum atomic E-state index is -0.126. The van der Waals surface area contributed by atoms with Crippen LogP contribution in [0, 0.1) is 0 Å². The standard InChI is InChI=1S/C14H21NO2S/c1-2-11(9-16)15-14(17)13-8-10-6-4-3-5-7-12(10)18-13/h8,11,16H,2-7,9H2,1H3,(H,15,17). The molecule has 0 aromatic carbocycles. The molecule has 0 radical (unpaired) electrons. The van der Waals surface area contributed by atoms with Crippen LogP contribution in [0.25, 0.3) is 0 Å². The molecule has 0 bridgehead atoms. The largest absolute Gasteiger partial charge is 0.394 e. The monoisotopic (exact) mass is 267 g/mol. The Morgan fingerprint density at radius 1 is 1.44 bits per heavy atom. The Labute approximate surface area is 112 Å². The average molecular weight is 267 g/mol. The molecule has 1 aliphatic carbocycles. The van der Waals surface area contributed by atoms with Crippen LogP contribution in [0.3, 0.4) is 0 Å². The first kappa shape index (κ1) is 13.6. The summed E-state index contributed by atoms with van der Waals surface area (Å²) in [4.78, 5) is 14.2. The van der Waals surface area contributed by atoms with E-state index in [1.807, 2.05) is 13.0 Å². The van der Waals surface area contributed by atoms with Crippen molar-refractivity contribution in [1.29, 1.82) is 0 Å². The Morgan fingerprint density at radius 3 is 2.94 bits per heavy atom. The number of amides is 1. The Balaban J connectivity index is 2.07. The zero-order valence-electron chi connectivity index (χ0n) is 10.9. The summed E-state index contributed by atoms with van der Waals surface area (Å²) in [7, 11) is 0. The molecule has 1 atom stereocenters. The van der Waals surface area contributed by atoms with Crippen LogP contribution in [0.4, 0.5) is 0 Å². The molecule has 0 saturated carbocycles.